The van der Waals surface area contributed by atoms with Gasteiger partial charge in [0.2, 0.25) is 0 Å². The second-order valence-electron chi connectivity index (χ2n) is 3.05. The van der Waals surface area contributed by atoms with Crippen molar-refractivity contribution in [2.24, 2.45) is 0 Å². The molecule has 0 bridgehead atoms. The third-order valence-electron chi connectivity index (χ3n) is 1.92. The van der Waals surface area contributed by atoms with Crippen molar-refractivity contribution < 1.29 is 4.63 Å². The molecule has 2 aromatic rings. The molecule has 0 aliphatic carbocycles. The number of rotatable bonds is 3. The van der Waals surface area contributed by atoms with Crippen LogP contribution in [0.15, 0.2) is 29.0 Å². The molecule has 82 valence electrons. The Balaban J connectivity index is 1.97. The highest BCUT2D eigenvalue weighted by Crippen LogP contribution is 2.03. The highest BCUT2D eigenvalue weighted by atomic mass is 16.6. The molecule has 0 saturated heterocycles. The third-order valence-corrected chi connectivity index (χ3v) is 1.92. The molecule has 0 aromatic carbocycles. The number of anilines is 1. The molecule has 0 saturated carbocycles. The van der Waals surface area contributed by atoms with Crippen molar-refractivity contribution in [3.63, 3.8) is 0 Å². The summed E-state index contributed by atoms with van der Waals surface area (Å²) >= 11 is 0. The van der Waals surface area contributed by atoms with Crippen LogP contribution in [0.3, 0.4) is 0 Å². The van der Waals surface area contributed by atoms with Gasteiger partial charge in [-0.1, -0.05) is 6.07 Å². The Labute approximate surface area is 91.1 Å². The van der Waals surface area contributed by atoms with E-state index < -0.39 is 0 Å². The average molecular weight is 218 g/mol. The van der Waals surface area contributed by atoms with Gasteiger partial charge in [-0.2, -0.15) is 0 Å². The summed E-state index contributed by atoms with van der Waals surface area (Å²) < 4.78 is 4.40. The number of nitrogens with zero attached hydrogens (tertiary/aromatic N) is 3. The number of nitrogen functional groups attached to an aromatic ring is 1. The molecular weight excluding hydrogens is 208 g/mol. The standard InChI is InChI=1S/C9H10N6O/c10-8(7-9(11)15-16-14-7)13-5-6-3-1-2-4-12-6/h1-4H,5H2,(H2,10,13)(H2,11,15). The van der Waals surface area contributed by atoms with Gasteiger partial charge >= 0.3 is 0 Å². The van der Waals surface area contributed by atoms with Crippen LogP contribution < -0.4 is 11.1 Å². The van der Waals surface area contributed by atoms with Gasteiger partial charge in [-0.05, 0) is 22.4 Å². The second-order valence-corrected chi connectivity index (χ2v) is 3.05. The quantitative estimate of drug-likeness (QED) is 0.499. The van der Waals surface area contributed by atoms with Crippen molar-refractivity contribution in [1.82, 2.24) is 20.6 Å². The molecule has 0 aliphatic rings. The topological polar surface area (TPSA) is 114 Å². The third kappa shape index (κ3) is 2.14. The monoisotopic (exact) mass is 218 g/mol. The van der Waals surface area contributed by atoms with Gasteiger partial charge in [0.05, 0.1) is 12.2 Å². The van der Waals surface area contributed by atoms with Crippen LogP contribution in [-0.2, 0) is 6.54 Å². The van der Waals surface area contributed by atoms with E-state index in [-0.39, 0.29) is 17.3 Å². The largest absolute Gasteiger partial charge is 0.379 e. The summed E-state index contributed by atoms with van der Waals surface area (Å²) in [5.41, 5.74) is 6.47. The zero-order valence-electron chi connectivity index (χ0n) is 8.34. The molecule has 4 N–H and O–H groups in total. The summed E-state index contributed by atoms with van der Waals surface area (Å²) in [6.07, 6.45) is 1.69. The summed E-state index contributed by atoms with van der Waals surface area (Å²) in [6, 6.07) is 5.55. The van der Waals surface area contributed by atoms with Gasteiger partial charge in [0, 0.05) is 6.20 Å². The van der Waals surface area contributed by atoms with Gasteiger partial charge in [0.15, 0.2) is 17.3 Å². The van der Waals surface area contributed by atoms with E-state index in [1.54, 1.807) is 6.20 Å². The van der Waals surface area contributed by atoms with Crippen LogP contribution >= 0.6 is 0 Å². The summed E-state index contributed by atoms with van der Waals surface area (Å²) in [7, 11) is 0. The smallest absolute Gasteiger partial charge is 0.199 e. The molecule has 0 atom stereocenters. The summed E-state index contributed by atoms with van der Waals surface area (Å²) in [5.74, 6) is 0.155. The zero-order chi connectivity index (χ0) is 11.4. The maximum atomic E-state index is 7.66. The Bertz CT molecular complexity index is 480. The second kappa shape index (κ2) is 4.39. The van der Waals surface area contributed by atoms with Crippen molar-refractivity contribution >= 4 is 11.7 Å². The fraction of sp³-hybridized carbons (Fsp3) is 0.111. The Morgan fingerprint density at radius 1 is 1.44 bits per heavy atom. The Hall–Kier alpha value is -2.44. The molecular formula is C9H10N6O. The SMILES string of the molecule is N=C(NCc1ccccn1)c1nonc1N. The molecule has 2 heterocycles. The first-order valence-corrected chi connectivity index (χ1v) is 4.58. The molecule has 16 heavy (non-hydrogen) atoms. The molecule has 2 aromatic heterocycles. The van der Waals surface area contributed by atoms with Crippen molar-refractivity contribution in [2.75, 3.05) is 5.73 Å². The number of amidine groups is 1. The maximum absolute atomic E-state index is 7.66. The highest BCUT2D eigenvalue weighted by molar-refractivity contribution is 5.97. The van der Waals surface area contributed by atoms with Crippen LogP contribution in [0.25, 0.3) is 0 Å². The first-order valence-electron chi connectivity index (χ1n) is 4.58. The number of nitrogens with one attached hydrogen (secondary N) is 2. The molecule has 0 aliphatic heterocycles. The van der Waals surface area contributed by atoms with Crippen LogP contribution in [0, 0.1) is 5.41 Å². The van der Waals surface area contributed by atoms with Crippen molar-refractivity contribution in [3.05, 3.63) is 35.8 Å². The Morgan fingerprint density at radius 2 is 2.31 bits per heavy atom. The number of pyridine rings is 1. The molecule has 0 spiro atoms. The van der Waals surface area contributed by atoms with E-state index in [9.17, 15) is 0 Å². The predicted molar refractivity (Wildman–Crippen MR) is 56.6 cm³/mol. The minimum atomic E-state index is 0.0596. The highest BCUT2D eigenvalue weighted by Gasteiger charge is 2.11. The van der Waals surface area contributed by atoms with E-state index in [4.69, 9.17) is 11.1 Å². The lowest BCUT2D eigenvalue weighted by atomic mass is 10.3. The minimum absolute atomic E-state index is 0.0596. The van der Waals surface area contributed by atoms with Crippen LogP contribution in [0.4, 0.5) is 5.82 Å². The maximum Gasteiger partial charge on any atom is 0.199 e. The van der Waals surface area contributed by atoms with Gasteiger partial charge in [0.1, 0.15) is 0 Å². The molecule has 0 radical (unpaired) electrons. The lowest BCUT2D eigenvalue weighted by Gasteiger charge is -2.04. The number of nitrogens with two attached hydrogens (primary N) is 1. The van der Waals surface area contributed by atoms with Crippen LogP contribution in [0.5, 0.6) is 0 Å². The van der Waals surface area contributed by atoms with E-state index in [0.717, 1.165) is 5.69 Å². The lowest BCUT2D eigenvalue weighted by Crippen LogP contribution is -2.24. The van der Waals surface area contributed by atoms with Crippen LogP contribution in [0.2, 0.25) is 0 Å². The van der Waals surface area contributed by atoms with Gasteiger partial charge in [-0.25, -0.2) is 4.63 Å². The van der Waals surface area contributed by atoms with Crippen LogP contribution in [-0.4, -0.2) is 21.1 Å². The van der Waals surface area contributed by atoms with Gasteiger partial charge in [0.25, 0.3) is 0 Å². The fourth-order valence-corrected chi connectivity index (χ4v) is 1.13. The first-order chi connectivity index (χ1) is 7.77. The van der Waals surface area contributed by atoms with Gasteiger partial charge < -0.3 is 11.1 Å². The minimum Gasteiger partial charge on any atom is -0.379 e. The number of hydrogen-bond acceptors (Lipinski definition) is 6. The van der Waals surface area contributed by atoms with E-state index in [1.807, 2.05) is 18.2 Å². The van der Waals surface area contributed by atoms with E-state index in [0.29, 0.717) is 6.54 Å². The van der Waals surface area contributed by atoms with Crippen LogP contribution in [0.1, 0.15) is 11.4 Å². The van der Waals surface area contributed by atoms with Gasteiger partial charge in [-0.3, -0.25) is 10.4 Å². The molecule has 0 fully saturated rings. The number of hydrogen-bond donors (Lipinski definition) is 3. The predicted octanol–water partition coefficient (Wildman–Crippen LogP) is 0.162. The molecule has 0 amide bonds. The normalized spacial score (nSPS) is 10.0. The molecule has 2 rings (SSSR count). The summed E-state index contributed by atoms with van der Waals surface area (Å²) in [4.78, 5) is 4.10. The van der Waals surface area contributed by atoms with E-state index >= 15 is 0 Å². The first kappa shape index (κ1) is 10.1. The summed E-state index contributed by atoms with van der Waals surface area (Å²) in [6.45, 7) is 0.423. The lowest BCUT2D eigenvalue weighted by molar-refractivity contribution is 0.308. The average Bonchev–Trinajstić information content (AvgIpc) is 2.74. The molecule has 7 heteroatoms. The molecule has 7 nitrogen and oxygen atoms in total. The molecule has 0 unspecified atom stereocenters. The van der Waals surface area contributed by atoms with Crippen molar-refractivity contribution in [3.8, 4) is 0 Å². The van der Waals surface area contributed by atoms with Crippen molar-refractivity contribution in [1.29, 1.82) is 5.41 Å². The fourth-order valence-electron chi connectivity index (χ4n) is 1.13. The van der Waals surface area contributed by atoms with Gasteiger partial charge in [-0.15, -0.1) is 0 Å². The van der Waals surface area contributed by atoms with E-state index in [1.165, 1.54) is 0 Å². The summed E-state index contributed by atoms with van der Waals surface area (Å²) in [5, 5.41) is 17.4. The van der Waals surface area contributed by atoms with Crippen molar-refractivity contribution in [2.45, 2.75) is 6.54 Å². The zero-order valence-corrected chi connectivity index (χ0v) is 8.34. The number of aromatic nitrogens is 3. The Morgan fingerprint density at radius 3 is 2.94 bits per heavy atom. The van der Waals surface area contributed by atoms with E-state index in [2.05, 4.69) is 25.2 Å². The Kier molecular flexibility index (Phi) is 2.77.